The van der Waals surface area contributed by atoms with Gasteiger partial charge in [-0.2, -0.15) is 0 Å². The second kappa shape index (κ2) is 12.3. The minimum absolute atomic E-state index is 0. The van der Waals surface area contributed by atoms with Crippen molar-refractivity contribution >= 4 is 28.9 Å². The zero-order chi connectivity index (χ0) is 31.9. The monoisotopic (exact) mass is 610 g/mol. The summed E-state index contributed by atoms with van der Waals surface area (Å²) < 4.78 is 0. The van der Waals surface area contributed by atoms with Crippen LogP contribution in [0.3, 0.4) is 0 Å². The highest BCUT2D eigenvalue weighted by Gasteiger charge is 2.57. The van der Waals surface area contributed by atoms with Crippen LogP contribution < -0.4 is 10.6 Å². The average Bonchev–Trinajstić information content (AvgIpc) is 2.96. The number of fused-ring (bicyclic) bond motifs is 2. The average molecular weight is 611 g/mol. The number of primary amides is 1. The summed E-state index contributed by atoms with van der Waals surface area (Å²) in [4.78, 5) is 45.1. The van der Waals surface area contributed by atoms with Gasteiger partial charge in [0, 0.05) is 79.0 Å². The number of benzene rings is 2. The van der Waals surface area contributed by atoms with Gasteiger partial charge in [-0.1, -0.05) is 18.2 Å². The molecule has 3 aliphatic rings. The van der Waals surface area contributed by atoms with E-state index in [9.17, 15) is 34.8 Å². The van der Waals surface area contributed by atoms with Crippen molar-refractivity contribution < 1.29 is 37.7 Å². The first-order chi connectivity index (χ1) is 20.9. The lowest BCUT2D eigenvalue weighted by atomic mass is 9.61. The SMILES string of the molecule is CN1CCN(Cc2cccc(-c3cc(N(C)C)c4c(c3O)C(O)=C3C(=O)[C@](O)(C(=O)CC(N)=O)C(CCO)CC3C4)c2)CC1.[HH].[HH]. The molecule has 3 atom stereocenters. The Kier molecular flexibility index (Phi) is 8.86. The molecule has 0 bridgehead atoms. The fourth-order valence-corrected chi connectivity index (χ4v) is 7.09. The maximum absolute atomic E-state index is 13.9. The van der Waals surface area contributed by atoms with Gasteiger partial charge in [-0.15, -0.1) is 0 Å². The van der Waals surface area contributed by atoms with Crippen LogP contribution in [-0.2, 0) is 27.3 Å². The van der Waals surface area contributed by atoms with Crippen LogP contribution in [0.2, 0.25) is 0 Å². The van der Waals surface area contributed by atoms with E-state index in [4.69, 9.17) is 5.73 Å². The van der Waals surface area contributed by atoms with Gasteiger partial charge in [-0.3, -0.25) is 19.3 Å². The Morgan fingerprint density at radius 2 is 1.84 bits per heavy atom. The molecule has 1 saturated carbocycles. The summed E-state index contributed by atoms with van der Waals surface area (Å²) in [6.45, 7) is 4.27. The highest BCUT2D eigenvalue weighted by molar-refractivity contribution is 6.23. The van der Waals surface area contributed by atoms with Crippen LogP contribution in [0.15, 0.2) is 35.9 Å². The predicted octanol–water partition coefficient (Wildman–Crippen LogP) is 1.95. The zero-order valence-corrected chi connectivity index (χ0v) is 25.5. The number of amides is 1. The summed E-state index contributed by atoms with van der Waals surface area (Å²) in [5.74, 6) is -5.35. The first-order valence-corrected chi connectivity index (χ1v) is 15.1. The van der Waals surface area contributed by atoms with Crippen LogP contribution in [0, 0.1) is 11.8 Å². The minimum Gasteiger partial charge on any atom is -0.507 e. The lowest BCUT2D eigenvalue weighted by molar-refractivity contribution is -0.159. The van der Waals surface area contributed by atoms with Crippen molar-refractivity contribution in [2.75, 3.05) is 58.8 Å². The first-order valence-electron chi connectivity index (χ1n) is 15.1. The van der Waals surface area contributed by atoms with Crippen molar-refractivity contribution in [2.45, 2.75) is 37.8 Å². The highest BCUT2D eigenvalue weighted by Crippen LogP contribution is 2.52. The number of phenols is 1. The van der Waals surface area contributed by atoms with Gasteiger partial charge in [0.25, 0.3) is 0 Å². The molecule has 2 aliphatic carbocycles. The van der Waals surface area contributed by atoms with Crippen LogP contribution in [-0.4, -0.2) is 107 Å². The van der Waals surface area contributed by atoms with Crippen LogP contribution >= 0.6 is 0 Å². The summed E-state index contributed by atoms with van der Waals surface area (Å²) in [5.41, 5.74) is 6.19. The van der Waals surface area contributed by atoms with E-state index in [1.165, 1.54) is 0 Å². The summed E-state index contributed by atoms with van der Waals surface area (Å²) in [5, 5.41) is 44.6. The van der Waals surface area contributed by atoms with Gasteiger partial charge in [0.2, 0.25) is 11.7 Å². The van der Waals surface area contributed by atoms with Crippen molar-refractivity contribution in [3.05, 3.63) is 52.6 Å². The molecule has 5 rings (SSSR count). The maximum atomic E-state index is 13.9. The zero-order valence-electron chi connectivity index (χ0n) is 25.5. The summed E-state index contributed by atoms with van der Waals surface area (Å²) in [6.07, 6.45) is -0.549. The summed E-state index contributed by atoms with van der Waals surface area (Å²) in [7, 11) is 5.83. The second-order valence-corrected chi connectivity index (χ2v) is 12.6. The standard InChI is InChI=1S/C33H42N4O7.2H2/c1-35(2)25-16-23(20-6-4-5-19(13-20)18-37-10-8-36(3)9-11-37)30(41)29-24(25)15-21-14-22(7-12-38)33(44,26(39)17-27(34)40)32(43)28(21)31(29)42;;/h4-6,13,16,21-22,38,41-42,44H,7-12,14-15,17-18H2,1-3H3,(H2,34,40);2*1H/t21?,22?,33-;;/m1../s1. The Bertz CT molecular complexity index is 1520. The number of anilines is 1. The molecule has 6 N–H and O–H groups in total. The quantitative estimate of drug-likeness (QED) is 0.265. The smallest absolute Gasteiger partial charge is 0.225 e. The number of nitrogens with two attached hydrogens (primary N) is 1. The molecule has 11 nitrogen and oxygen atoms in total. The van der Waals surface area contributed by atoms with E-state index in [1.807, 2.05) is 49.3 Å². The van der Waals surface area contributed by atoms with Gasteiger partial charge in [0.15, 0.2) is 11.4 Å². The van der Waals surface area contributed by atoms with Gasteiger partial charge in [-0.05, 0) is 61.1 Å². The number of carbonyl (C=O) groups excluding carboxylic acids is 3. The number of hydrogen-bond donors (Lipinski definition) is 5. The van der Waals surface area contributed by atoms with E-state index in [2.05, 4.69) is 16.8 Å². The molecule has 0 radical (unpaired) electrons. The number of phenolic OH excluding ortho intramolecular Hbond substituents is 1. The number of aliphatic hydroxyl groups excluding tert-OH is 2. The molecule has 1 saturated heterocycles. The largest absolute Gasteiger partial charge is 0.507 e. The predicted molar refractivity (Wildman–Crippen MR) is 170 cm³/mol. The maximum Gasteiger partial charge on any atom is 0.225 e. The molecule has 2 unspecified atom stereocenters. The highest BCUT2D eigenvalue weighted by atomic mass is 16.3. The molecule has 1 heterocycles. The molecule has 0 aromatic heterocycles. The van der Waals surface area contributed by atoms with E-state index in [-0.39, 0.29) is 45.6 Å². The molecule has 2 fully saturated rings. The Morgan fingerprint density at radius 1 is 1.14 bits per heavy atom. The Morgan fingerprint density at radius 3 is 2.48 bits per heavy atom. The van der Waals surface area contributed by atoms with Crippen molar-refractivity contribution in [3.8, 4) is 16.9 Å². The Hall–Kier alpha value is -3.77. The van der Waals surface area contributed by atoms with E-state index >= 15 is 0 Å². The molecule has 2 aromatic carbocycles. The van der Waals surface area contributed by atoms with Gasteiger partial charge < -0.3 is 36.0 Å². The number of aromatic hydroxyl groups is 1. The third kappa shape index (κ3) is 5.61. The van der Waals surface area contributed by atoms with Gasteiger partial charge in [-0.25, -0.2) is 0 Å². The molecule has 240 valence electrons. The van der Waals surface area contributed by atoms with Crippen molar-refractivity contribution in [3.63, 3.8) is 0 Å². The molecule has 11 heteroatoms. The fourth-order valence-electron chi connectivity index (χ4n) is 7.09. The minimum atomic E-state index is -2.63. The molecule has 1 aliphatic heterocycles. The third-order valence-electron chi connectivity index (χ3n) is 9.44. The van der Waals surface area contributed by atoms with Gasteiger partial charge in [0.1, 0.15) is 11.5 Å². The molecule has 2 aromatic rings. The van der Waals surface area contributed by atoms with Crippen LogP contribution in [0.1, 0.15) is 38.8 Å². The van der Waals surface area contributed by atoms with E-state index in [0.717, 1.165) is 49.5 Å². The number of Topliss-reactive ketones (excluding diaryl/α,β-unsaturated/α-hetero) is 2. The number of nitrogens with zero attached hydrogens (tertiary/aromatic N) is 3. The molecule has 44 heavy (non-hydrogen) atoms. The van der Waals surface area contributed by atoms with Crippen LogP contribution in [0.25, 0.3) is 16.9 Å². The number of ketones is 2. The van der Waals surface area contributed by atoms with Crippen molar-refractivity contribution in [1.29, 1.82) is 0 Å². The van der Waals surface area contributed by atoms with Crippen molar-refractivity contribution in [1.82, 2.24) is 9.80 Å². The van der Waals surface area contributed by atoms with E-state index < -0.39 is 47.1 Å². The summed E-state index contributed by atoms with van der Waals surface area (Å²) >= 11 is 0. The molecular weight excluding hydrogens is 564 g/mol. The number of hydrogen-bond acceptors (Lipinski definition) is 10. The van der Waals surface area contributed by atoms with Gasteiger partial charge >= 0.3 is 0 Å². The van der Waals surface area contributed by atoms with E-state index in [0.29, 0.717) is 11.1 Å². The fraction of sp³-hybridized carbons (Fsp3) is 0.485. The first kappa shape index (κ1) is 31.6. The van der Waals surface area contributed by atoms with Crippen LogP contribution in [0.5, 0.6) is 5.75 Å². The molecule has 0 spiro atoms. The number of likely N-dealkylation sites (N-methyl/N-ethyl adjacent to an activating group) is 1. The van der Waals surface area contributed by atoms with Crippen molar-refractivity contribution in [2.24, 2.45) is 17.6 Å². The van der Waals surface area contributed by atoms with E-state index in [1.54, 1.807) is 0 Å². The number of piperazine rings is 1. The molecular formula is C33H46N4O7. The second-order valence-electron chi connectivity index (χ2n) is 12.6. The van der Waals surface area contributed by atoms with Gasteiger partial charge in [0.05, 0.1) is 12.0 Å². The normalized spacial score (nSPS) is 24.2. The number of carbonyl (C=O) groups is 3. The van der Waals surface area contributed by atoms with Crippen LogP contribution in [0.4, 0.5) is 5.69 Å². The Balaban J connectivity index is 0.00000288. The number of rotatable bonds is 9. The molecule has 1 amide bonds. The third-order valence-corrected chi connectivity index (χ3v) is 9.44. The lowest BCUT2D eigenvalue weighted by Gasteiger charge is -2.44. The number of aliphatic hydroxyl groups is 3. The lowest BCUT2D eigenvalue weighted by Crippen LogP contribution is -2.59. The summed E-state index contributed by atoms with van der Waals surface area (Å²) in [6, 6.07) is 9.75. The Labute approximate surface area is 260 Å². The topological polar surface area (TPSA) is 168 Å².